The number of carbonyl (C=O) groups excluding carboxylic acids is 2. The molecule has 10 heteroatoms. The number of amides is 2. The highest BCUT2D eigenvalue weighted by Crippen LogP contribution is 2.37. The lowest BCUT2D eigenvalue weighted by Gasteiger charge is -2.32. The molecule has 2 fully saturated rings. The van der Waals surface area contributed by atoms with Crippen LogP contribution in [0.25, 0.3) is 0 Å². The van der Waals surface area contributed by atoms with Gasteiger partial charge in [0.15, 0.2) is 6.61 Å². The molecule has 0 atom stereocenters. The molecule has 0 spiro atoms. The van der Waals surface area contributed by atoms with Crippen molar-refractivity contribution < 1.29 is 22.7 Å². The van der Waals surface area contributed by atoms with Crippen LogP contribution in [0.15, 0.2) is 17.0 Å². The Morgan fingerprint density at radius 1 is 1.14 bits per heavy atom. The van der Waals surface area contributed by atoms with E-state index >= 15 is 0 Å². The Morgan fingerprint density at radius 3 is 2.50 bits per heavy atom. The monoisotopic (exact) mass is 427 g/mol. The van der Waals surface area contributed by atoms with Crippen LogP contribution in [0.5, 0.6) is 5.75 Å². The highest BCUT2D eigenvalue weighted by Gasteiger charge is 2.36. The molecule has 1 N–H and O–H groups in total. The number of piperidine rings is 1. The molecule has 3 heterocycles. The number of carbonyl (C=O) groups is 2. The molecule has 0 aliphatic carbocycles. The number of ether oxygens (including phenoxy) is 1. The Morgan fingerprint density at radius 2 is 1.82 bits per heavy atom. The molecule has 1 aromatic rings. The Labute approximate surface area is 168 Å². The quantitative estimate of drug-likeness (QED) is 0.791. The number of likely N-dealkylation sites (tertiary alicyclic amines) is 1. The van der Waals surface area contributed by atoms with Gasteiger partial charge >= 0.3 is 0 Å². The molecule has 3 aliphatic heterocycles. The van der Waals surface area contributed by atoms with Crippen molar-refractivity contribution in [2.24, 2.45) is 5.92 Å². The van der Waals surface area contributed by atoms with Gasteiger partial charge < -0.3 is 15.0 Å². The lowest BCUT2D eigenvalue weighted by molar-refractivity contribution is -0.135. The Balaban J connectivity index is 1.49. The summed E-state index contributed by atoms with van der Waals surface area (Å²) in [6, 6.07) is 2.75. The van der Waals surface area contributed by atoms with Gasteiger partial charge in [0.25, 0.3) is 5.91 Å². The summed E-state index contributed by atoms with van der Waals surface area (Å²) in [7, 11) is -3.82. The summed E-state index contributed by atoms with van der Waals surface area (Å²) in [6.45, 7) is 1.99. The number of hydrogen-bond acceptors (Lipinski definition) is 5. The summed E-state index contributed by atoms with van der Waals surface area (Å²) < 4.78 is 32.9. The van der Waals surface area contributed by atoms with Crippen molar-refractivity contribution in [2.75, 3.05) is 38.1 Å². The Hall–Kier alpha value is -1.84. The molecule has 28 heavy (non-hydrogen) atoms. The number of nitrogens with one attached hydrogen (secondary N) is 1. The molecule has 2 saturated heterocycles. The van der Waals surface area contributed by atoms with E-state index in [1.54, 1.807) is 0 Å². The van der Waals surface area contributed by atoms with Crippen LogP contribution in [0.4, 0.5) is 5.69 Å². The van der Waals surface area contributed by atoms with E-state index in [9.17, 15) is 18.0 Å². The van der Waals surface area contributed by atoms with Gasteiger partial charge in [0, 0.05) is 38.2 Å². The number of rotatable bonds is 3. The average molecular weight is 428 g/mol. The molecule has 2 amide bonds. The minimum atomic E-state index is -3.82. The van der Waals surface area contributed by atoms with Crippen LogP contribution in [0, 0.1) is 5.92 Å². The second-order valence-electron chi connectivity index (χ2n) is 7.33. The molecule has 8 nitrogen and oxygen atoms in total. The van der Waals surface area contributed by atoms with Gasteiger partial charge in [0.2, 0.25) is 15.9 Å². The molecular weight excluding hydrogens is 406 g/mol. The summed E-state index contributed by atoms with van der Waals surface area (Å²) in [6.07, 6.45) is 3.09. The molecule has 0 aromatic heterocycles. The lowest BCUT2D eigenvalue weighted by Crippen LogP contribution is -2.43. The maximum atomic E-state index is 13.1. The largest absolute Gasteiger partial charge is 0.482 e. The molecule has 0 bridgehead atoms. The number of hydrogen-bond donors (Lipinski definition) is 1. The van der Waals surface area contributed by atoms with E-state index in [-0.39, 0.29) is 53.1 Å². The Bertz CT molecular complexity index is 906. The summed E-state index contributed by atoms with van der Waals surface area (Å²) in [5.74, 6) is -0.0156. The van der Waals surface area contributed by atoms with Gasteiger partial charge in [-0.25, -0.2) is 8.42 Å². The maximum Gasteiger partial charge on any atom is 0.262 e. The van der Waals surface area contributed by atoms with Crippen molar-refractivity contribution in [2.45, 2.75) is 30.6 Å². The van der Waals surface area contributed by atoms with Crippen LogP contribution in [0.2, 0.25) is 5.02 Å². The minimum Gasteiger partial charge on any atom is -0.482 e. The van der Waals surface area contributed by atoms with Crippen molar-refractivity contribution in [3.8, 4) is 5.75 Å². The van der Waals surface area contributed by atoms with Crippen molar-refractivity contribution in [1.29, 1.82) is 0 Å². The van der Waals surface area contributed by atoms with Crippen molar-refractivity contribution in [3.05, 3.63) is 17.2 Å². The van der Waals surface area contributed by atoms with Gasteiger partial charge in [-0.3, -0.25) is 9.59 Å². The fourth-order valence-electron chi connectivity index (χ4n) is 3.96. The molecule has 152 valence electrons. The summed E-state index contributed by atoms with van der Waals surface area (Å²) in [5.41, 5.74) is 0.357. The van der Waals surface area contributed by atoms with Gasteiger partial charge in [0.05, 0.1) is 10.7 Å². The second kappa shape index (κ2) is 7.53. The van der Waals surface area contributed by atoms with Crippen LogP contribution in [-0.2, 0) is 19.6 Å². The smallest absolute Gasteiger partial charge is 0.262 e. The summed E-state index contributed by atoms with van der Waals surface area (Å²) in [5, 5.41) is 2.63. The molecule has 3 aliphatic rings. The lowest BCUT2D eigenvalue weighted by atomic mass is 9.97. The molecule has 4 rings (SSSR count). The molecule has 0 radical (unpaired) electrons. The van der Waals surface area contributed by atoms with E-state index in [1.165, 1.54) is 16.4 Å². The predicted octanol–water partition coefficient (Wildman–Crippen LogP) is 1.69. The first-order chi connectivity index (χ1) is 13.4. The number of halogens is 1. The normalized spacial score (nSPS) is 21.2. The topological polar surface area (TPSA) is 96.0 Å². The fourth-order valence-corrected chi connectivity index (χ4v) is 5.94. The summed E-state index contributed by atoms with van der Waals surface area (Å²) >= 11 is 6.20. The highest BCUT2D eigenvalue weighted by atomic mass is 35.5. The van der Waals surface area contributed by atoms with Crippen LogP contribution in [0.3, 0.4) is 0 Å². The first kappa shape index (κ1) is 19.5. The average Bonchev–Trinajstić information content (AvgIpc) is 3.21. The second-order valence-corrected chi connectivity index (χ2v) is 9.64. The zero-order valence-electron chi connectivity index (χ0n) is 15.3. The number of anilines is 1. The standard InChI is InChI=1S/C18H22ClN3O5S/c19-13-9-14-15(27-11-17(23)20-14)10-16(13)28(25,26)22-7-3-12(4-8-22)18(24)21-5-1-2-6-21/h9-10,12H,1-8,11H2,(H,20,23). The van der Waals surface area contributed by atoms with Gasteiger partial charge in [-0.1, -0.05) is 11.6 Å². The van der Waals surface area contributed by atoms with Crippen molar-refractivity contribution in [3.63, 3.8) is 0 Å². The van der Waals surface area contributed by atoms with Gasteiger partial charge in [0.1, 0.15) is 10.6 Å². The fraction of sp³-hybridized carbons (Fsp3) is 0.556. The van der Waals surface area contributed by atoms with E-state index in [0.29, 0.717) is 18.5 Å². The molecule has 0 unspecified atom stereocenters. The van der Waals surface area contributed by atoms with E-state index in [4.69, 9.17) is 16.3 Å². The van der Waals surface area contributed by atoms with E-state index in [0.717, 1.165) is 25.9 Å². The third-order valence-electron chi connectivity index (χ3n) is 5.51. The van der Waals surface area contributed by atoms with E-state index in [2.05, 4.69) is 5.32 Å². The van der Waals surface area contributed by atoms with Crippen LogP contribution in [0.1, 0.15) is 25.7 Å². The summed E-state index contributed by atoms with van der Waals surface area (Å²) in [4.78, 5) is 25.8. The van der Waals surface area contributed by atoms with Crippen molar-refractivity contribution in [1.82, 2.24) is 9.21 Å². The highest BCUT2D eigenvalue weighted by molar-refractivity contribution is 7.89. The van der Waals surface area contributed by atoms with Gasteiger partial charge in [-0.15, -0.1) is 0 Å². The van der Waals surface area contributed by atoms with E-state index < -0.39 is 10.0 Å². The first-order valence-corrected chi connectivity index (χ1v) is 11.2. The van der Waals surface area contributed by atoms with Crippen molar-refractivity contribution >= 4 is 39.1 Å². The Kier molecular flexibility index (Phi) is 5.24. The first-order valence-electron chi connectivity index (χ1n) is 9.41. The van der Waals surface area contributed by atoms with Crippen LogP contribution in [-0.4, -0.2) is 62.2 Å². The molecule has 1 aromatic carbocycles. The van der Waals surface area contributed by atoms with E-state index in [1.807, 2.05) is 4.90 Å². The number of benzene rings is 1. The number of fused-ring (bicyclic) bond motifs is 1. The third kappa shape index (κ3) is 3.58. The van der Waals surface area contributed by atoms with Crippen LogP contribution >= 0.6 is 11.6 Å². The predicted molar refractivity (Wildman–Crippen MR) is 103 cm³/mol. The number of sulfonamides is 1. The SMILES string of the molecule is O=C1COc2cc(S(=O)(=O)N3CCC(C(=O)N4CCCC4)CC3)c(Cl)cc2N1. The molecule has 0 saturated carbocycles. The van der Waals surface area contributed by atoms with Gasteiger partial charge in [-0.2, -0.15) is 4.31 Å². The zero-order valence-corrected chi connectivity index (χ0v) is 16.9. The van der Waals surface area contributed by atoms with Crippen LogP contribution < -0.4 is 10.1 Å². The maximum absolute atomic E-state index is 13.1. The molecular formula is C18H22ClN3O5S. The minimum absolute atomic E-state index is 0.0276. The number of nitrogens with zero attached hydrogens (tertiary/aromatic N) is 2. The zero-order chi connectivity index (χ0) is 19.9. The third-order valence-corrected chi connectivity index (χ3v) is 7.87. The van der Waals surface area contributed by atoms with Gasteiger partial charge in [-0.05, 0) is 31.7 Å².